The van der Waals surface area contributed by atoms with Crippen LogP contribution < -0.4 is 0 Å². The fraction of sp³-hybridized carbons (Fsp3) is 1.00. The highest BCUT2D eigenvalue weighted by molar-refractivity contribution is 7.99. The highest BCUT2D eigenvalue weighted by Gasteiger charge is 2.15. The first kappa shape index (κ1) is 7.39. The van der Waals surface area contributed by atoms with Crippen molar-refractivity contribution >= 4 is 11.8 Å². The number of rotatable bonds is 0. The third-order valence-corrected chi connectivity index (χ3v) is 2.94. The van der Waals surface area contributed by atoms with Gasteiger partial charge in [-0.1, -0.05) is 6.92 Å². The van der Waals surface area contributed by atoms with Crippen LogP contribution in [0.3, 0.4) is 0 Å². The minimum atomic E-state index is -0.519. The quantitative estimate of drug-likeness (QED) is 0.509. The number of thioether (sulfide) groups is 1. The second-order valence-electron chi connectivity index (χ2n) is 2.66. The summed E-state index contributed by atoms with van der Waals surface area (Å²) in [7, 11) is 0. The molecule has 1 unspecified atom stereocenters. The Balaban J connectivity index is 2.29. The van der Waals surface area contributed by atoms with Crippen LogP contribution in [0.15, 0.2) is 0 Å². The van der Waals surface area contributed by atoms with E-state index in [2.05, 4.69) is 6.92 Å². The molecule has 1 aliphatic heterocycles. The van der Waals surface area contributed by atoms with Crippen LogP contribution in [-0.2, 0) is 0 Å². The van der Waals surface area contributed by atoms with E-state index in [1.54, 1.807) is 0 Å². The second-order valence-corrected chi connectivity index (χ2v) is 4.20. The van der Waals surface area contributed by atoms with Crippen LogP contribution in [0.5, 0.6) is 0 Å². The maximum Gasteiger partial charge on any atom is 0.101 e. The molecule has 2 atom stereocenters. The summed E-state index contributed by atoms with van der Waals surface area (Å²) < 4.78 is 12.7. The van der Waals surface area contributed by atoms with E-state index in [-0.39, 0.29) is 0 Å². The Morgan fingerprint density at radius 2 is 2.33 bits per heavy atom. The Hall–Kier alpha value is 0.280. The first-order valence-electron chi connectivity index (χ1n) is 3.54. The lowest BCUT2D eigenvalue weighted by molar-refractivity contribution is 0.299. The Kier molecular flexibility index (Phi) is 2.83. The summed E-state index contributed by atoms with van der Waals surface area (Å²) in [5.74, 6) is 1.15. The summed E-state index contributed by atoms with van der Waals surface area (Å²) in [6, 6.07) is 0. The van der Waals surface area contributed by atoms with Gasteiger partial charge in [0.2, 0.25) is 0 Å². The fourth-order valence-electron chi connectivity index (χ4n) is 1.14. The molecule has 2 heteroatoms. The lowest BCUT2D eigenvalue weighted by atomic mass is 10.1. The molecule has 1 fully saturated rings. The molecule has 1 rings (SSSR count). The summed E-state index contributed by atoms with van der Waals surface area (Å²) >= 11 is 1.90. The molecule has 0 radical (unpaired) electrons. The zero-order chi connectivity index (χ0) is 6.69. The third kappa shape index (κ3) is 2.57. The summed E-state index contributed by atoms with van der Waals surface area (Å²) in [6.45, 7) is 2.11. The topological polar surface area (TPSA) is 0 Å². The van der Waals surface area contributed by atoms with E-state index < -0.39 is 6.17 Å². The molecule has 54 valence electrons. The SMILES string of the molecule is C[C@@H]1CC(F)CCCS1. The molecule has 1 aliphatic rings. The fourth-order valence-corrected chi connectivity index (χ4v) is 2.22. The van der Waals surface area contributed by atoms with Crippen molar-refractivity contribution in [1.29, 1.82) is 0 Å². The largest absolute Gasteiger partial charge is 0.247 e. The van der Waals surface area contributed by atoms with Gasteiger partial charge in [-0.05, 0) is 25.0 Å². The second kappa shape index (κ2) is 3.45. The van der Waals surface area contributed by atoms with Crippen LogP contribution in [0.4, 0.5) is 4.39 Å². The summed E-state index contributed by atoms with van der Waals surface area (Å²) in [6.07, 6.45) is 2.10. The van der Waals surface area contributed by atoms with Gasteiger partial charge in [0.15, 0.2) is 0 Å². The predicted octanol–water partition coefficient (Wildman–Crippen LogP) is 2.63. The molecule has 1 saturated heterocycles. The minimum Gasteiger partial charge on any atom is -0.247 e. The van der Waals surface area contributed by atoms with Crippen molar-refractivity contribution < 1.29 is 4.39 Å². The van der Waals surface area contributed by atoms with E-state index in [0.717, 1.165) is 25.0 Å². The molecule has 0 aromatic carbocycles. The average Bonchev–Trinajstić information content (AvgIpc) is 1.93. The van der Waals surface area contributed by atoms with Crippen molar-refractivity contribution in [3.63, 3.8) is 0 Å². The van der Waals surface area contributed by atoms with Crippen LogP contribution in [-0.4, -0.2) is 17.2 Å². The molecule has 0 amide bonds. The molecule has 0 aromatic heterocycles. The van der Waals surface area contributed by atoms with Crippen molar-refractivity contribution in [3.8, 4) is 0 Å². The number of alkyl halides is 1. The number of hydrogen-bond donors (Lipinski definition) is 0. The summed E-state index contributed by atoms with van der Waals surface area (Å²) in [5, 5.41) is 0.544. The van der Waals surface area contributed by atoms with Gasteiger partial charge in [-0.3, -0.25) is 0 Å². The Labute approximate surface area is 60.2 Å². The molecule has 0 spiro atoms. The third-order valence-electron chi connectivity index (χ3n) is 1.65. The standard InChI is InChI=1S/C7H13FS/c1-6-5-7(8)3-2-4-9-6/h6-7H,2-5H2,1H3/t6-,7?/m1/s1. The molecule has 9 heavy (non-hydrogen) atoms. The Morgan fingerprint density at radius 1 is 1.56 bits per heavy atom. The van der Waals surface area contributed by atoms with Gasteiger partial charge < -0.3 is 0 Å². The molecular formula is C7H13FS. The van der Waals surface area contributed by atoms with Crippen LogP contribution in [0.2, 0.25) is 0 Å². The van der Waals surface area contributed by atoms with Gasteiger partial charge in [0, 0.05) is 5.25 Å². The monoisotopic (exact) mass is 148 g/mol. The normalized spacial score (nSPS) is 38.0. The molecule has 1 heterocycles. The van der Waals surface area contributed by atoms with Crippen LogP contribution in [0.1, 0.15) is 26.2 Å². The van der Waals surface area contributed by atoms with Gasteiger partial charge in [-0.25, -0.2) is 4.39 Å². The number of hydrogen-bond acceptors (Lipinski definition) is 1. The highest BCUT2D eigenvalue weighted by Crippen LogP contribution is 2.25. The van der Waals surface area contributed by atoms with Gasteiger partial charge in [0.05, 0.1) is 0 Å². The predicted molar refractivity (Wildman–Crippen MR) is 40.7 cm³/mol. The van der Waals surface area contributed by atoms with Crippen molar-refractivity contribution in [2.45, 2.75) is 37.6 Å². The Bertz CT molecular complexity index is 75.0. The molecular weight excluding hydrogens is 135 g/mol. The summed E-state index contributed by atoms with van der Waals surface area (Å²) in [4.78, 5) is 0. The molecule has 0 aromatic rings. The van der Waals surface area contributed by atoms with Crippen molar-refractivity contribution in [3.05, 3.63) is 0 Å². The molecule has 0 aliphatic carbocycles. The number of halogens is 1. The average molecular weight is 148 g/mol. The van der Waals surface area contributed by atoms with Crippen molar-refractivity contribution in [2.75, 3.05) is 5.75 Å². The van der Waals surface area contributed by atoms with E-state index in [0.29, 0.717) is 5.25 Å². The van der Waals surface area contributed by atoms with Gasteiger partial charge in [-0.2, -0.15) is 11.8 Å². The summed E-state index contributed by atoms with van der Waals surface area (Å²) in [5.41, 5.74) is 0. The Morgan fingerprint density at radius 3 is 3.11 bits per heavy atom. The van der Waals surface area contributed by atoms with E-state index in [1.807, 2.05) is 11.8 Å². The smallest absolute Gasteiger partial charge is 0.101 e. The van der Waals surface area contributed by atoms with Crippen molar-refractivity contribution in [1.82, 2.24) is 0 Å². The van der Waals surface area contributed by atoms with E-state index in [4.69, 9.17) is 0 Å². The minimum absolute atomic E-state index is 0.519. The molecule has 0 nitrogen and oxygen atoms in total. The van der Waals surface area contributed by atoms with Crippen LogP contribution in [0, 0.1) is 0 Å². The van der Waals surface area contributed by atoms with E-state index in [9.17, 15) is 4.39 Å². The van der Waals surface area contributed by atoms with E-state index in [1.165, 1.54) is 0 Å². The highest BCUT2D eigenvalue weighted by atomic mass is 32.2. The van der Waals surface area contributed by atoms with Gasteiger partial charge in [0.25, 0.3) is 0 Å². The van der Waals surface area contributed by atoms with Gasteiger partial charge >= 0.3 is 0 Å². The molecule has 0 bridgehead atoms. The molecule has 0 N–H and O–H groups in total. The van der Waals surface area contributed by atoms with Crippen molar-refractivity contribution in [2.24, 2.45) is 0 Å². The maximum absolute atomic E-state index is 12.7. The first-order chi connectivity index (χ1) is 4.29. The molecule has 0 saturated carbocycles. The van der Waals surface area contributed by atoms with Crippen LogP contribution >= 0.6 is 11.8 Å². The maximum atomic E-state index is 12.7. The lowest BCUT2D eigenvalue weighted by Gasteiger charge is -2.06. The van der Waals surface area contributed by atoms with Crippen LogP contribution in [0.25, 0.3) is 0 Å². The van der Waals surface area contributed by atoms with Gasteiger partial charge in [0.1, 0.15) is 6.17 Å². The first-order valence-corrected chi connectivity index (χ1v) is 4.59. The zero-order valence-corrected chi connectivity index (χ0v) is 6.59. The zero-order valence-electron chi connectivity index (χ0n) is 5.77. The lowest BCUT2D eigenvalue weighted by Crippen LogP contribution is -2.04. The van der Waals surface area contributed by atoms with Gasteiger partial charge in [-0.15, -0.1) is 0 Å². The van der Waals surface area contributed by atoms with E-state index >= 15 is 0 Å².